The lowest BCUT2D eigenvalue weighted by Gasteiger charge is -2.09. The van der Waals surface area contributed by atoms with Crippen LogP contribution in [-0.4, -0.2) is 38.1 Å². The van der Waals surface area contributed by atoms with Crippen molar-refractivity contribution >= 4 is 35.4 Å². The molecule has 150 valence electrons. The van der Waals surface area contributed by atoms with Crippen LogP contribution in [0, 0.1) is 0 Å². The first-order chi connectivity index (χ1) is 13.4. The highest BCUT2D eigenvalue weighted by Crippen LogP contribution is 2.34. The van der Waals surface area contributed by atoms with Crippen LogP contribution in [0.4, 0.5) is 19.0 Å². The number of carbonyl (C=O) groups is 1. The number of thiazole rings is 1. The minimum atomic E-state index is -4.76. The number of hydrogen-bond acceptors (Lipinski definition) is 7. The van der Waals surface area contributed by atoms with Crippen molar-refractivity contribution in [1.82, 2.24) is 10.4 Å². The van der Waals surface area contributed by atoms with E-state index >= 15 is 0 Å². The Bertz CT molecular complexity index is 866. The highest BCUT2D eigenvalue weighted by atomic mass is 32.1. The standard InChI is InChI=1S/C17H17F3N4O3S/c1-21-15-14(28-16(24-15)26-2)12(9-22-23-10-25)7-6-11-4-3-5-13(8-11)27-17(18,19)20/h3-5,7-10,21H,6H2,1-2H3,(H,23,25)/b12-7+,22-9-. The number of ether oxygens (including phenoxy) is 2. The number of anilines is 1. The number of rotatable bonds is 9. The summed E-state index contributed by atoms with van der Waals surface area (Å²) in [6.07, 6.45) is -0.887. The second-order valence-electron chi connectivity index (χ2n) is 5.18. The summed E-state index contributed by atoms with van der Waals surface area (Å²) >= 11 is 1.25. The van der Waals surface area contributed by atoms with Crippen molar-refractivity contribution in [3.05, 3.63) is 40.8 Å². The van der Waals surface area contributed by atoms with Crippen LogP contribution in [0.5, 0.6) is 10.9 Å². The highest BCUT2D eigenvalue weighted by molar-refractivity contribution is 7.15. The minimum Gasteiger partial charge on any atom is -0.473 e. The number of amides is 1. The monoisotopic (exact) mass is 414 g/mol. The number of halogens is 3. The number of alkyl halides is 3. The number of methoxy groups -OCH3 is 1. The number of nitrogens with zero attached hydrogens (tertiary/aromatic N) is 2. The summed E-state index contributed by atoms with van der Waals surface area (Å²) in [5.74, 6) is 0.242. The molecule has 0 fully saturated rings. The molecule has 0 unspecified atom stereocenters. The smallest absolute Gasteiger partial charge is 0.473 e. The van der Waals surface area contributed by atoms with Gasteiger partial charge in [-0.3, -0.25) is 4.79 Å². The van der Waals surface area contributed by atoms with Gasteiger partial charge in [0.2, 0.25) is 6.41 Å². The molecule has 0 aliphatic heterocycles. The largest absolute Gasteiger partial charge is 0.573 e. The molecule has 28 heavy (non-hydrogen) atoms. The van der Waals surface area contributed by atoms with Gasteiger partial charge in [-0.15, -0.1) is 13.2 Å². The Morgan fingerprint density at radius 1 is 1.39 bits per heavy atom. The van der Waals surface area contributed by atoms with Gasteiger partial charge in [0.15, 0.2) is 0 Å². The van der Waals surface area contributed by atoms with Crippen LogP contribution < -0.4 is 20.2 Å². The van der Waals surface area contributed by atoms with E-state index in [0.717, 1.165) is 0 Å². The zero-order valence-electron chi connectivity index (χ0n) is 14.9. The third-order valence-electron chi connectivity index (χ3n) is 3.30. The summed E-state index contributed by atoms with van der Waals surface area (Å²) in [6, 6.07) is 5.67. The van der Waals surface area contributed by atoms with Crippen LogP contribution >= 0.6 is 11.3 Å². The predicted octanol–water partition coefficient (Wildman–Crippen LogP) is 3.45. The first kappa shape index (κ1) is 21.2. The van der Waals surface area contributed by atoms with Crippen molar-refractivity contribution in [3.63, 3.8) is 0 Å². The van der Waals surface area contributed by atoms with Crippen molar-refractivity contribution in [2.75, 3.05) is 19.5 Å². The fourth-order valence-corrected chi connectivity index (χ4v) is 3.08. The molecule has 1 heterocycles. The summed E-state index contributed by atoms with van der Waals surface area (Å²) < 4.78 is 46.2. The average Bonchev–Trinajstić information content (AvgIpc) is 3.07. The van der Waals surface area contributed by atoms with Crippen molar-refractivity contribution in [3.8, 4) is 10.9 Å². The molecule has 0 atom stereocenters. The summed E-state index contributed by atoms with van der Waals surface area (Å²) in [4.78, 5) is 15.4. The molecule has 1 amide bonds. The predicted molar refractivity (Wildman–Crippen MR) is 101 cm³/mol. The van der Waals surface area contributed by atoms with E-state index in [4.69, 9.17) is 4.74 Å². The summed E-state index contributed by atoms with van der Waals surface area (Å²) in [6.45, 7) is 0. The van der Waals surface area contributed by atoms with Gasteiger partial charge in [0.05, 0.1) is 18.2 Å². The molecule has 2 aromatic rings. The zero-order valence-corrected chi connectivity index (χ0v) is 15.7. The number of benzene rings is 1. The third-order valence-corrected chi connectivity index (χ3v) is 4.37. The summed E-state index contributed by atoms with van der Waals surface area (Å²) in [5.41, 5.74) is 3.37. The number of carbonyl (C=O) groups excluding carboxylic acids is 1. The van der Waals surface area contributed by atoms with Gasteiger partial charge in [-0.05, 0) is 24.1 Å². The Hall–Kier alpha value is -3.08. The van der Waals surface area contributed by atoms with Gasteiger partial charge >= 0.3 is 6.36 Å². The Kier molecular flexibility index (Phi) is 7.38. The maximum absolute atomic E-state index is 12.4. The van der Waals surface area contributed by atoms with Crippen molar-refractivity contribution in [2.45, 2.75) is 12.8 Å². The number of allylic oxidation sites excluding steroid dienone is 2. The third kappa shape index (κ3) is 6.27. The van der Waals surface area contributed by atoms with Gasteiger partial charge in [0, 0.05) is 12.6 Å². The van der Waals surface area contributed by atoms with Crippen LogP contribution in [0.1, 0.15) is 10.4 Å². The van der Waals surface area contributed by atoms with E-state index in [-0.39, 0.29) is 5.75 Å². The van der Waals surface area contributed by atoms with E-state index in [0.29, 0.717) is 39.9 Å². The van der Waals surface area contributed by atoms with Crippen LogP contribution in [0.3, 0.4) is 0 Å². The van der Waals surface area contributed by atoms with Gasteiger partial charge in [-0.25, -0.2) is 5.43 Å². The Morgan fingerprint density at radius 3 is 2.82 bits per heavy atom. The lowest BCUT2D eigenvalue weighted by molar-refractivity contribution is -0.274. The van der Waals surface area contributed by atoms with E-state index in [1.54, 1.807) is 19.2 Å². The molecular weight excluding hydrogens is 397 g/mol. The van der Waals surface area contributed by atoms with Gasteiger partial charge in [-0.1, -0.05) is 29.5 Å². The van der Waals surface area contributed by atoms with Gasteiger partial charge in [0.25, 0.3) is 5.19 Å². The molecule has 0 aliphatic rings. The molecule has 0 saturated heterocycles. The van der Waals surface area contributed by atoms with Crippen LogP contribution in [-0.2, 0) is 11.2 Å². The van der Waals surface area contributed by atoms with E-state index in [1.807, 2.05) is 0 Å². The Labute approximate surface area is 162 Å². The maximum Gasteiger partial charge on any atom is 0.573 e. The first-order valence-electron chi connectivity index (χ1n) is 7.86. The average molecular weight is 414 g/mol. The summed E-state index contributed by atoms with van der Waals surface area (Å²) in [7, 11) is 3.17. The molecule has 0 radical (unpaired) electrons. The Morgan fingerprint density at radius 2 is 2.18 bits per heavy atom. The number of hydrazone groups is 1. The van der Waals surface area contributed by atoms with E-state index < -0.39 is 6.36 Å². The van der Waals surface area contributed by atoms with Crippen molar-refractivity contribution in [1.29, 1.82) is 0 Å². The minimum absolute atomic E-state index is 0.293. The first-order valence-corrected chi connectivity index (χ1v) is 8.68. The molecule has 0 aliphatic carbocycles. The normalized spacial score (nSPS) is 12.1. The molecule has 1 aromatic heterocycles. The molecule has 0 saturated carbocycles. The lowest BCUT2D eigenvalue weighted by Crippen LogP contribution is -2.17. The number of aromatic nitrogens is 1. The maximum atomic E-state index is 12.4. The van der Waals surface area contributed by atoms with Crippen LogP contribution in [0.15, 0.2) is 35.4 Å². The molecule has 11 heteroatoms. The van der Waals surface area contributed by atoms with Gasteiger partial charge < -0.3 is 14.8 Å². The quantitative estimate of drug-likeness (QED) is 0.373. The fraction of sp³-hybridized carbons (Fsp3) is 0.235. The number of hydrogen-bond donors (Lipinski definition) is 2. The van der Waals surface area contributed by atoms with E-state index in [2.05, 4.69) is 25.6 Å². The molecule has 0 spiro atoms. The van der Waals surface area contributed by atoms with E-state index in [9.17, 15) is 18.0 Å². The topological polar surface area (TPSA) is 84.8 Å². The molecule has 2 N–H and O–H groups in total. The van der Waals surface area contributed by atoms with Gasteiger partial charge in [-0.2, -0.15) is 10.1 Å². The lowest BCUT2D eigenvalue weighted by atomic mass is 10.1. The highest BCUT2D eigenvalue weighted by Gasteiger charge is 2.31. The van der Waals surface area contributed by atoms with Gasteiger partial charge in [0.1, 0.15) is 11.6 Å². The molecule has 2 rings (SSSR count). The van der Waals surface area contributed by atoms with Crippen molar-refractivity contribution < 1.29 is 27.4 Å². The summed E-state index contributed by atoms with van der Waals surface area (Å²) in [5, 5.41) is 7.14. The molecule has 0 bridgehead atoms. The number of nitrogens with one attached hydrogen (secondary N) is 2. The molecular formula is C17H17F3N4O3S. The van der Waals surface area contributed by atoms with Crippen LogP contribution in [0.2, 0.25) is 0 Å². The second-order valence-corrected chi connectivity index (χ2v) is 6.14. The Balaban J connectivity index is 2.32. The van der Waals surface area contributed by atoms with Crippen molar-refractivity contribution in [2.24, 2.45) is 5.10 Å². The zero-order chi connectivity index (χ0) is 20.6. The molecule has 1 aromatic carbocycles. The second kappa shape index (κ2) is 9.74. The SMILES string of the molecule is CNc1nc(OC)sc1C(/C=N\NC=O)=C/Cc1cccc(OC(F)(F)F)c1. The van der Waals surface area contributed by atoms with Crippen LogP contribution in [0.25, 0.3) is 5.57 Å². The molecule has 7 nitrogen and oxygen atoms in total. The fourth-order valence-electron chi connectivity index (χ4n) is 2.19. The van der Waals surface area contributed by atoms with E-state index in [1.165, 1.54) is 42.9 Å².